The van der Waals surface area contributed by atoms with Crippen LogP contribution in [0.15, 0.2) is 67.6 Å². The van der Waals surface area contributed by atoms with Crippen molar-refractivity contribution >= 4 is 39.8 Å². The Bertz CT molecular complexity index is 1630. The first-order valence-electron chi connectivity index (χ1n) is 14.1. The molecule has 2 aromatic carbocycles. The summed E-state index contributed by atoms with van der Waals surface area (Å²) in [6.07, 6.45) is 5.97. The Labute approximate surface area is 250 Å². The summed E-state index contributed by atoms with van der Waals surface area (Å²) in [4.78, 5) is 26.9. The van der Waals surface area contributed by atoms with Crippen LogP contribution in [0.5, 0.6) is 17.2 Å². The van der Waals surface area contributed by atoms with E-state index in [4.69, 9.17) is 9.47 Å². The third-order valence-electron chi connectivity index (χ3n) is 6.96. The maximum absolute atomic E-state index is 15.3. The summed E-state index contributed by atoms with van der Waals surface area (Å²) in [7, 11) is 1.60. The molecule has 0 radical (unpaired) electrons. The molecule has 224 valence electrons. The van der Waals surface area contributed by atoms with E-state index in [1.807, 2.05) is 32.9 Å². The molecule has 0 unspecified atom stereocenters. The predicted molar refractivity (Wildman–Crippen MR) is 167 cm³/mol. The van der Waals surface area contributed by atoms with Crippen LogP contribution in [0.25, 0.3) is 10.9 Å². The number of fused-ring (bicyclic) bond motifs is 1. The minimum absolute atomic E-state index is 0.0543. The number of halogens is 1. The Morgan fingerprint density at radius 2 is 1.81 bits per heavy atom. The van der Waals surface area contributed by atoms with Gasteiger partial charge in [0.1, 0.15) is 41.0 Å². The average molecular weight is 586 g/mol. The molecule has 1 saturated heterocycles. The highest BCUT2D eigenvalue weighted by Gasteiger charge is 2.23. The van der Waals surface area contributed by atoms with Crippen molar-refractivity contribution in [3.8, 4) is 17.2 Å². The number of amides is 1. The quantitative estimate of drug-likeness (QED) is 0.189. The lowest BCUT2D eigenvalue weighted by Gasteiger charge is -2.32. The first-order chi connectivity index (χ1) is 20.6. The Balaban J connectivity index is 1.33. The normalized spacial score (nSPS) is 13.8. The van der Waals surface area contributed by atoms with Crippen LogP contribution < -0.4 is 25.4 Å². The van der Waals surface area contributed by atoms with Gasteiger partial charge in [-0.3, -0.25) is 4.79 Å². The van der Waals surface area contributed by atoms with E-state index in [1.54, 1.807) is 42.5 Å². The number of ether oxygens (including phenoxy) is 2. The summed E-state index contributed by atoms with van der Waals surface area (Å²) in [6, 6.07) is 12.0. The molecule has 0 atom stereocenters. The largest absolute Gasteiger partial charge is 0.495 e. The fourth-order valence-corrected chi connectivity index (χ4v) is 4.91. The fraction of sp³-hybridized carbons (Fsp3) is 0.312. The van der Waals surface area contributed by atoms with E-state index in [1.165, 1.54) is 18.5 Å². The minimum atomic E-state index is -0.501. The summed E-state index contributed by atoms with van der Waals surface area (Å²) in [5, 5.41) is 10.6. The third-order valence-corrected chi connectivity index (χ3v) is 6.96. The number of carbonyl (C=O) groups excluding carboxylic acids is 1. The molecule has 11 heteroatoms. The number of likely N-dealkylation sites (tertiary alicyclic amines) is 1. The standard InChI is InChI=1S/C32H36FN7O3/c1-6-30(41)40-13-10-20(11-14-40)37-27-17-23-26(18-28(27)42-5)35-19-36-31(23)38-25-8-7-21(15-24(25)33)43-22-9-12-34-29(16-22)39-32(2,3)4/h6-9,12,15-20,37H,1,10-11,13-14H2,2-5H3,(H,34,39)(H,35,36,38). The van der Waals surface area contributed by atoms with Gasteiger partial charge in [-0.25, -0.2) is 19.3 Å². The van der Waals surface area contributed by atoms with Gasteiger partial charge in [0.15, 0.2) is 0 Å². The van der Waals surface area contributed by atoms with Crippen LogP contribution in [0.2, 0.25) is 0 Å². The number of anilines is 4. The number of piperidine rings is 1. The van der Waals surface area contributed by atoms with E-state index in [2.05, 4.69) is 37.5 Å². The smallest absolute Gasteiger partial charge is 0.245 e. The predicted octanol–water partition coefficient (Wildman–Crippen LogP) is 6.51. The molecule has 43 heavy (non-hydrogen) atoms. The van der Waals surface area contributed by atoms with Gasteiger partial charge in [-0.05, 0) is 64.0 Å². The van der Waals surface area contributed by atoms with Gasteiger partial charge in [0, 0.05) is 54.5 Å². The highest BCUT2D eigenvalue weighted by molar-refractivity contribution is 5.95. The van der Waals surface area contributed by atoms with Crippen LogP contribution in [-0.2, 0) is 4.79 Å². The van der Waals surface area contributed by atoms with Crippen LogP contribution in [0, 0.1) is 5.82 Å². The molecule has 0 bridgehead atoms. The Morgan fingerprint density at radius 3 is 2.51 bits per heavy atom. The molecule has 0 aliphatic carbocycles. The molecule has 1 fully saturated rings. The van der Waals surface area contributed by atoms with Gasteiger partial charge in [0.25, 0.3) is 0 Å². The maximum atomic E-state index is 15.3. The van der Waals surface area contributed by atoms with Gasteiger partial charge < -0.3 is 30.3 Å². The molecule has 1 amide bonds. The van der Waals surface area contributed by atoms with E-state index in [-0.39, 0.29) is 23.2 Å². The topological polar surface area (TPSA) is 114 Å². The molecule has 1 aliphatic heterocycles. The number of hydrogen-bond donors (Lipinski definition) is 3. The molecule has 4 aromatic rings. The number of carbonyl (C=O) groups is 1. The van der Waals surface area contributed by atoms with Crippen LogP contribution in [0.4, 0.5) is 27.4 Å². The molecule has 1 aliphatic rings. The summed E-state index contributed by atoms with van der Waals surface area (Å²) in [5.74, 6) is 2.07. The lowest BCUT2D eigenvalue weighted by atomic mass is 10.0. The minimum Gasteiger partial charge on any atom is -0.495 e. The molecule has 5 rings (SSSR count). The Kier molecular flexibility index (Phi) is 8.61. The number of nitrogens with one attached hydrogen (secondary N) is 3. The average Bonchev–Trinajstić information content (AvgIpc) is 2.97. The van der Waals surface area contributed by atoms with Crippen LogP contribution >= 0.6 is 0 Å². The molecular weight excluding hydrogens is 549 g/mol. The summed E-state index contributed by atoms with van der Waals surface area (Å²) < 4.78 is 26.8. The van der Waals surface area contributed by atoms with Crippen molar-refractivity contribution in [2.45, 2.75) is 45.2 Å². The number of methoxy groups -OCH3 is 1. The van der Waals surface area contributed by atoms with Crippen molar-refractivity contribution in [1.82, 2.24) is 19.9 Å². The zero-order valence-corrected chi connectivity index (χ0v) is 24.8. The first-order valence-corrected chi connectivity index (χ1v) is 14.1. The van der Waals surface area contributed by atoms with Crippen LogP contribution in [0.1, 0.15) is 33.6 Å². The molecule has 0 spiro atoms. The first kappa shape index (κ1) is 29.6. The molecule has 2 aromatic heterocycles. The highest BCUT2D eigenvalue weighted by Crippen LogP contribution is 2.35. The SMILES string of the molecule is C=CC(=O)N1CCC(Nc2cc3c(Nc4ccc(Oc5ccnc(NC(C)(C)C)c5)cc4F)ncnc3cc2OC)CC1. The fourth-order valence-electron chi connectivity index (χ4n) is 4.91. The van der Waals surface area contributed by atoms with E-state index in [0.717, 1.165) is 18.5 Å². The number of benzene rings is 2. The number of rotatable bonds is 9. The number of aromatic nitrogens is 3. The second-order valence-electron chi connectivity index (χ2n) is 11.4. The van der Waals surface area contributed by atoms with Crippen LogP contribution in [0.3, 0.4) is 0 Å². The lowest BCUT2D eigenvalue weighted by Crippen LogP contribution is -2.41. The van der Waals surface area contributed by atoms with E-state index >= 15 is 4.39 Å². The van der Waals surface area contributed by atoms with E-state index in [9.17, 15) is 4.79 Å². The Morgan fingerprint density at radius 1 is 1.05 bits per heavy atom. The lowest BCUT2D eigenvalue weighted by molar-refractivity contribution is -0.126. The zero-order valence-electron chi connectivity index (χ0n) is 24.8. The van der Waals surface area contributed by atoms with Gasteiger partial charge in [0.05, 0.1) is 24.0 Å². The van der Waals surface area contributed by atoms with Gasteiger partial charge in [-0.1, -0.05) is 6.58 Å². The van der Waals surface area contributed by atoms with Crippen molar-refractivity contribution in [3.05, 3.63) is 73.5 Å². The maximum Gasteiger partial charge on any atom is 0.245 e. The Hall–Kier alpha value is -4.93. The van der Waals surface area contributed by atoms with Crippen molar-refractivity contribution in [1.29, 1.82) is 0 Å². The number of pyridine rings is 1. The molecule has 3 N–H and O–H groups in total. The molecule has 0 saturated carbocycles. The zero-order chi connectivity index (χ0) is 30.6. The second kappa shape index (κ2) is 12.5. The van der Waals surface area contributed by atoms with Gasteiger partial charge >= 0.3 is 0 Å². The summed E-state index contributed by atoms with van der Waals surface area (Å²) in [5.41, 5.74) is 1.48. The second-order valence-corrected chi connectivity index (χ2v) is 11.4. The van der Waals surface area contributed by atoms with Gasteiger partial charge in [-0.2, -0.15) is 0 Å². The van der Waals surface area contributed by atoms with Crippen molar-refractivity contribution in [2.75, 3.05) is 36.1 Å². The third kappa shape index (κ3) is 7.29. The van der Waals surface area contributed by atoms with E-state index in [0.29, 0.717) is 52.9 Å². The number of nitrogens with zero attached hydrogens (tertiary/aromatic N) is 4. The van der Waals surface area contributed by atoms with Crippen molar-refractivity contribution < 1.29 is 18.7 Å². The summed E-state index contributed by atoms with van der Waals surface area (Å²) >= 11 is 0. The highest BCUT2D eigenvalue weighted by atomic mass is 19.1. The molecule has 3 heterocycles. The van der Waals surface area contributed by atoms with Crippen LogP contribution in [-0.4, -0.2) is 57.5 Å². The van der Waals surface area contributed by atoms with Gasteiger partial charge in [-0.15, -0.1) is 0 Å². The molecule has 10 nitrogen and oxygen atoms in total. The monoisotopic (exact) mass is 585 g/mol. The van der Waals surface area contributed by atoms with Crippen molar-refractivity contribution in [2.24, 2.45) is 0 Å². The number of hydrogen-bond acceptors (Lipinski definition) is 9. The van der Waals surface area contributed by atoms with Crippen molar-refractivity contribution in [3.63, 3.8) is 0 Å². The summed E-state index contributed by atoms with van der Waals surface area (Å²) in [6.45, 7) is 11.0. The van der Waals surface area contributed by atoms with Gasteiger partial charge in [0.2, 0.25) is 5.91 Å². The van der Waals surface area contributed by atoms with E-state index < -0.39 is 5.82 Å². The molecular formula is C32H36FN7O3.